The van der Waals surface area contributed by atoms with Crippen molar-refractivity contribution in [3.8, 4) is 0 Å². The average Bonchev–Trinajstić information content (AvgIpc) is 2.49. The van der Waals surface area contributed by atoms with Crippen LogP contribution in [0.25, 0.3) is 0 Å². The highest BCUT2D eigenvalue weighted by Gasteiger charge is 2.30. The lowest BCUT2D eigenvalue weighted by Crippen LogP contribution is -2.42. The minimum atomic E-state index is -0.276. The van der Waals surface area contributed by atoms with Crippen LogP contribution in [0.4, 0.5) is 0 Å². The van der Waals surface area contributed by atoms with Crippen LogP contribution >= 0.6 is 0 Å². The minimum absolute atomic E-state index is 0.276. The second-order valence-corrected chi connectivity index (χ2v) is 4.85. The van der Waals surface area contributed by atoms with Crippen LogP contribution < -0.4 is 0 Å². The Morgan fingerprint density at radius 2 is 2.21 bits per heavy atom. The summed E-state index contributed by atoms with van der Waals surface area (Å²) < 4.78 is 0. The van der Waals surface area contributed by atoms with Gasteiger partial charge in [0.05, 0.1) is 0 Å². The summed E-state index contributed by atoms with van der Waals surface area (Å²) in [4.78, 5) is 2.24. The van der Waals surface area contributed by atoms with Crippen LogP contribution in [-0.2, 0) is 0 Å². The van der Waals surface area contributed by atoms with Gasteiger partial charge in [0.1, 0.15) is 6.23 Å². The van der Waals surface area contributed by atoms with E-state index in [9.17, 15) is 5.11 Å². The monoisotopic (exact) mass is 197 g/mol. The molecule has 0 aromatic carbocycles. The Morgan fingerprint density at radius 3 is 2.71 bits per heavy atom. The molecule has 0 spiro atoms. The first-order valence-corrected chi connectivity index (χ1v) is 5.60. The van der Waals surface area contributed by atoms with Crippen molar-refractivity contribution in [2.45, 2.75) is 52.3 Å². The molecule has 0 radical (unpaired) electrons. The van der Waals surface area contributed by atoms with Crippen molar-refractivity contribution in [2.75, 3.05) is 6.54 Å². The smallest absolute Gasteiger partial charge is 0.109 e. The van der Waals surface area contributed by atoms with Crippen LogP contribution in [0, 0.1) is 5.92 Å². The molecule has 1 saturated heterocycles. The molecule has 0 saturated carbocycles. The second kappa shape index (κ2) is 4.94. The highest BCUT2D eigenvalue weighted by atomic mass is 16.3. The molecule has 1 aliphatic heterocycles. The van der Waals surface area contributed by atoms with E-state index >= 15 is 0 Å². The molecular weight excluding hydrogens is 174 g/mol. The normalized spacial score (nSPS) is 25.6. The van der Waals surface area contributed by atoms with Crippen molar-refractivity contribution in [1.82, 2.24) is 4.90 Å². The number of aliphatic hydroxyl groups is 1. The van der Waals surface area contributed by atoms with E-state index in [4.69, 9.17) is 0 Å². The number of hydrogen-bond acceptors (Lipinski definition) is 2. The number of hydrogen-bond donors (Lipinski definition) is 1. The Hall–Kier alpha value is -0.340. The molecule has 2 heteroatoms. The van der Waals surface area contributed by atoms with Gasteiger partial charge in [-0.3, -0.25) is 4.90 Å². The Bertz CT molecular complexity index is 200. The van der Waals surface area contributed by atoms with E-state index in [2.05, 4.69) is 32.3 Å². The van der Waals surface area contributed by atoms with Gasteiger partial charge >= 0.3 is 0 Å². The maximum Gasteiger partial charge on any atom is 0.109 e. The first-order valence-electron chi connectivity index (χ1n) is 5.60. The fourth-order valence-corrected chi connectivity index (χ4v) is 2.21. The third-order valence-electron chi connectivity index (χ3n) is 2.94. The van der Waals surface area contributed by atoms with E-state index in [-0.39, 0.29) is 6.23 Å². The van der Waals surface area contributed by atoms with Gasteiger partial charge in [-0.05, 0) is 32.1 Å². The van der Waals surface area contributed by atoms with E-state index in [1.807, 2.05) is 0 Å². The molecule has 1 N–H and O–H groups in total. The summed E-state index contributed by atoms with van der Waals surface area (Å²) in [7, 11) is 0. The Labute approximate surface area is 87.6 Å². The summed E-state index contributed by atoms with van der Waals surface area (Å²) in [6, 6.07) is 0.518. The van der Waals surface area contributed by atoms with E-state index < -0.39 is 0 Å². The summed E-state index contributed by atoms with van der Waals surface area (Å²) in [5.41, 5.74) is 1.22. The molecule has 1 unspecified atom stereocenters. The molecule has 1 fully saturated rings. The van der Waals surface area contributed by atoms with Crippen molar-refractivity contribution in [3.63, 3.8) is 0 Å². The summed E-state index contributed by atoms with van der Waals surface area (Å²) in [6.07, 6.45) is 3.17. The largest absolute Gasteiger partial charge is 0.378 e. The molecular formula is C12H23NO. The van der Waals surface area contributed by atoms with Gasteiger partial charge in [0, 0.05) is 12.6 Å². The van der Waals surface area contributed by atoms with Crippen LogP contribution in [-0.4, -0.2) is 28.8 Å². The third-order valence-corrected chi connectivity index (χ3v) is 2.94. The summed E-state index contributed by atoms with van der Waals surface area (Å²) in [5.74, 6) is 0.320. The van der Waals surface area contributed by atoms with Gasteiger partial charge in [0.25, 0.3) is 0 Å². The molecule has 82 valence electrons. The van der Waals surface area contributed by atoms with E-state index in [0.29, 0.717) is 12.0 Å². The number of aliphatic hydroxyl groups excluding tert-OH is 1. The summed E-state index contributed by atoms with van der Waals surface area (Å²) >= 11 is 0. The Balaban J connectivity index is 2.54. The van der Waals surface area contributed by atoms with Gasteiger partial charge in [0.2, 0.25) is 0 Å². The van der Waals surface area contributed by atoms with Crippen molar-refractivity contribution in [3.05, 3.63) is 12.2 Å². The molecule has 2 atom stereocenters. The minimum Gasteiger partial charge on any atom is -0.378 e. The maximum absolute atomic E-state index is 10.0. The van der Waals surface area contributed by atoms with Gasteiger partial charge in [-0.2, -0.15) is 0 Å². The molecule has 1 heterocycles. The molecule has 0 amide bonds. The molecule has 14 heavy (non-hydrogen) atoms. The van der Waals surface area contributed by atoms with Gasteiger partial charge in [-0.25, -0.2) is 0 Å². The first kappa shape index (κ1) is 11.7. The zero-order valence-electron chi connectivity index (χ0n) is 9.66. The van der Waals surface area contributed by atoms with Crippen LogP contribution in [0.3, 0.4) is 0 Å². The highest BCUT2D eigenvalue weighted by molar-refractivity contribution is 4.96. The Morgan fingerprint density at radius 1 is 1.57 bits per heavy atom. The lowest BCUT2D eigenvalue weighted by Gasteiger charge is -2.31. The number of rotatable bonds is 4. The zero-order valence-corrected chi connectivity index (χ0v) is 9.66. The van der Waals surface area contributed by atoms with Gasteiger partial charge < -0.3 is 5.11 Å². The number of likely N-dealkylation sites (tertiary alicyclic amines) is 1. The maximum atomic E-state index is 10.0. The van der Waals surface area contributed by atoms with Crippen LogP contribution in [0.15, 0.2) is 12.2 Å². The second-order valence-electron chi connectivity index (χ2n) is 4.85. The molecule has 1 aliphatic rings. The molecule has 0 aromatic heterocycles. The standard InChI is InChI=1S/C12H23NO/c1-9(2)8-11-6-5-7-13(11)12(14)10(3)4/h10-12,14H,1,5-8H2,2-4H3/t11-,12?/m0/s1. The molecule has 0 bridgehead atoms. The fraction of sp³-hybridized carbons (Fsp3) is 0.833. The molecule has 0 aliphatic carbocycles. The summed E-state index contributed by atoms with van der Waals surface area (Å²) in [6.45, 7) is 11.2. The average molecular weight is 197 g/mol. The topological polar surface area (TPSA) is 23.5 Å². The lowest BCUT2D eigenvalue weighted by molar-refractivity contribution is -0.0370. The molecule has 0 aromatic rings. The highest BCUT2D eigenvalue weighted by Crippen LogP contribution is 2.26. The van der Waals surface area contributed by atoms with E-state index in [1.165, 1.54) is 18.4 Å². The van der Waals surface area contributed by atoms with Crippen molar-refractivity contribution >= 4 is 0 Å². The van der Waals surface area contributed by atoms with E-state index in [0.717, 1.165) is 13.0 Å². The fourth-order valence-electron chi connectivity index (χ4n) is 2.21. The van der Waals surface area contributed by atoms with Crippen molar-refractivity contribution in [2.24, 2.45) is 5.92 Å². The number of nitrogens with zero attached hydrogens (tertiary/aromatic N) is 1. The molecule has 1 rings (SSSR count). The molecule has 2 nitrogen and oxygen atoms in total. The Kier molecular flexibility index (Phi) is 4.14. The van der Waals surface area contributed by atoms with Crippen molar-refractivity contribution < 1.29 is 5.11 Å². The first-order chi connectivity index (χ1) is 6.52. The van der Waals surface area contributed by atoms with Crippen LogP contribution in [0.1, 0.15) is 40.0 Å². The van der Waals surface area contributed by atoms with Crippen molar-refractivity contribution in [1.29, 1.82) is 0 Å². The zero-order chi connectivity index (χ0) is 10.7. The predicted octanol–water partition coefficient (Wildman–Crippen LogP) is 2.39. The quantitative estimate of drug-likeness (QED) is 0.699. The summed E-state index contributed by atoms with van der Waals surface area (Å²) in [5, 5.41) is 10.0. The van der Waals surface area contributed by atoms with Gasteiger partial charge in [0.15, 0.2) is 0 Å². The van der Waals surface area contributed by atoms with E-state index in [1.54, 1.807) is 0 Å². The lowest BCUT2D eigenvalue weighted by atomic mass is 10.0. The van der Waals surface area contributed by atoms with Gasteiger partial charge in [-0.15, -0.1) is 6.58 Å². The van der Waals surface area contributed by atoms with Crippen LogP contribution in [0.2, 0.25) is 0 Å². The third kappa shape index (κ3) is 2.82. The van der Waals surface area contributed by atoms with Gasteiger partial charge in [-0.1, -0.05) is 19.4 Å². The predicted molar refractivity (Wildman–Crippen MR) is 60.0 cm³/mol. The van der Waals surface area contributed by atoms with Crippen LogP contribution in [0.5, 0.6) is 0 Å². The SMILES string of the molecule is C=C(C)C[C@@H]1CCCN1C(O)C(C)C.